The van der Waals surface area contributed by atoms with E-state index in [1.165, 1.54) is 34.6 Å². The number of ether oxygens (including phenoxy) is 1. The standard InChI is InChI=1S/C75H101N27O28/c1-42-25-97(70(124)86-64(42)118)36-57(111)91(31-52(106)81-15-21-93(59(113)38-99-27-44(3)66(120)88-72(99)126)33-54(108)83-17-23-96(35-56(110)84-48(63(77)117)10-8-9-11-76)61(115)40-101-29-46(5)68(122)90-74(101)128)19-13-79-51(105)30-92(58(112)37-98-26-43(2)65(119)87-71(98)125)20-14-80-53(107)32-94(60(114)39-100-28-45(4)67(121)89-73(100)127)22-16-82-55(109)34-95(18-12-78-47(6)103)62(116)41-102-49(69(123)130-7)24-50(104)85-75(102)129/h24-29,48H,8-23,30-41,76H2,1-7H3,(H2,77,117)(H,78,103)(H,79,105)(H,80,107)(H,81,106)(H,82,109)(H,83,108)(H,84,110)(H,85,104,129)(H,86,118,124)(H,87,119,125)(H,88,120,126)(H,89,121,127)(H,90,122,128)/t48-/m0/s1. The predicted molar refractivity (Wildman–Crippen MR) is 450 cm³/mol. The van der Waals surface area contributed by atoms with Gasteiger partial charge in [-0.05, 0) is 60.4 Å². The molecule has 14 amide bonds. The number of primary amides is 1. The van der Waals surface area contributed by atoms with Crippen LogP contribution in [0.15, 0.2) is 94.6 Å². The van der Waals surface area contributed by atoms with Gasteiger partial charge in [0.25, 0.3) is 33.4 Å². The molecular weight excluding hydrogens is 1730 g/mol. The third kappa shape index (κ3) is 32.3. The Hall–Kier alpha value is -15.9. The number of aryl methyl sites for hydroxylation is 5. The minimum Gasteiger partial charge on any atom is -0.464 e. The third-order valence-electron chi connectivity index (χ3n) is 19.2. The number of hydrogen-bond acceptors (Lipinski definition) is 29. The number of carbonyl (C=O) groups is 15. The van der Waals surface area contributed by atoms with Crippen LogP contribution in [0.25, 0.3) is 0 Å². The van der Waals surface area contributed by atoms with Crippen molar-refractivity contribution in [2.24, 2.45) is 11.5 Å². The lowest BCUT2D eigenvalue weighted by Gasteiger charge is -2.26. The molecule has 0 aliphatic rings. The van der Waals surface area contributed by atoms with E-state index in [9.17, 15) is 129 Å². The maximum atomic E-state index is 14.2. The van der Waals surface area contributed by atoms with Crippen LogP contribution in [0.3, 0.4) is 0 Å². The van der Waals surface area contributed by atoms with Gasteiger partial charge in [0.05, 0.1) is 46.4 Å². The summed E-state index contributed by atoms with van der Waals surface area (Å²) in [6, 6.07) is -0.506. The molecule has 0 fully saturated rings. The van der Waals surface area contributed by atoms with Crippen molar-refractivity contribution in [2.45, 2.75) is 106 Å². The van der Waals surface area contributed by atoms with Gasteiger partial charge >= 0.3 is 40.1 Å². The highest BCUT2D eigenvalue weighted by atomic mass is 16.5. The zero-order valence-corrected chi connectivity index (χ0v) is 71.8. The monoisotopic (exact) mass is 1830 g/mol. The number of carbonyl (C=O) groups excluding carboxylic acids is 15. The van der Waals surface area contributed by atoms with Gasteiger partial charge in [-0.25, -0.2) is 33.6 Å². The van der Waals surface area contributed by atoms with Crippen LogP contribution in [0.4, 0.5) is 0 Å². The van der Waals surface area contributed by atoms with E-state index in [-0.39, 0.29) is 53.9 Å². The van der Waals surface area contributed by atoms with Crippen molar-refractivity contribution in [3.63, 3.8) is 0 Å². The summed E-state index contributed by atoms with van der Waals surface area (Å²) in [7, 11) is 0.940. The van der Waals surface area contributed by atoms with Crippen molar-refractivity contribution in [3.8, 4) is 0 Å². The molecule has 0 bridgehead atoms. The maximum Gasteiger partial charge on any atom is 0.355 e. The molecule has 1 atom stereocenters. The normalized spacial score (nSPS) is 11.1. The Morgan fingerprint density at radius 3 is 0.862 bits per heavy atom. The molecule has 0 aliphatic heterocycles. The number of aromatic nitrogens is 12. The van der Waals surface area contributed by atoms with Gasteiger partial charge in [-0.15, -0.1) is 0 Å². The molecule has 55 heteroatoms. The number of nitrogens with one attached hydrogen (secondary N) is 13. The van der Waals surface area contributed by atoms with Gasteiger partial charge in [0, 0.05) is 150 Å². The number of nitrogens with two attached hydrogens (primary N) is 2. The van der Waals surface area contributed by atoms with Crippen molar-refractivity contribution in [1.29, 1.82) is 0 Å². The smallest absolute Gasteiger partial charge is 0.355 e. The predicted octanol–water partition coefficient (Wildman–Crippen LogP) is -14.6. The number of nitrogens with zero attached hydrogens (tertiary/aromatic N) is 12. The lowest BCUT2D eigenvalue weighted by molar-refractivity contribution is -0.138. The summed E-state index contributed by atoms with van der Waals surface area (Å²) in [4.78, 5) is 372. The summed E-state index contributed by atoms with van der Waals surface area (Å²) in [6.07, 6.45) is 6.19. The van der Waals surface area contributed by atoms with Crippen LogP contribution < -0.4 is 116 Å². The quantitative estimate of drug-likeness (QED) is 0.0125. The van der Waals surface area contributed by atoms with Gasteiger partial charge in [0.1, 0.15) is 51.0 Å². The van der Waals surface area contributed by atoms with Gasteiger partial charge in [-0.3, -0.25) is 153 Å². The Bertz CT molecular complexity index is 6060. The molecule has 6 heterocycles. The van der Waals surface area contributed by atoms with E-state index in [1.54, 1.807) is 0 Å². The van der Waals surface area contributed by atoms with Crippen molar-refractivity contribution in [3.05, 3.63) is 196 Å². The summed E-state index contributed by atoms with van der Waals surface area (Å²) >= 11 is 0. The van der Waals surface area contributed by atoms with Crippen LogP contribution in [0, 0.1) is 34.6 Å². The van der Waals surface area contributed by atoms with Gasteiger partial charge in [-0.1, -0.05) is 0 Å². The molecule has 6 rings (SSSR count). The van der Waals surface area contributed by atoms with Crippen molar-refractivity contribution in [2.75, 3.05) is 131 Å². The molecule has 130 heavy (non-hydrogen) atoms. The van der Waals surface area contributed by atoms with Gasteiger partial charge < -0.3 is 82.8 Å². The summed E-state index contributed by atoms with van der Waals surface area (Å²) < 4.78 is 9.24. The van der Waals surface area contributed by atoms with E-state index in [0.29, 0.717) is 23.5 Å². The van der Waals surface area contributed by atoms with E-state index in [4.69, 9.17) is 11.5 Å². The topological polar surface area (TPSA) is 750 Å². The van der Waals surface area contributed by atoms with E-state index >= 15 is 0 Å². The Kier molecular flexibility index (Phi) is 38.9. The van der Waals surface area contributed by atoms with E-state index in [2.05, 4.69) is 42.0 Å². The zero-order valence-electron chi connectivity index (χ0n) is 71.8. The second-order valence-corrected chi connectivity index (χ2v) is 29.3. The number of rotatable bonds is 49. The summed E-state index contributed by atoms with van der Waals surface area (Å²) in [5.74, 6) is -14.3. The molecule has 0 aromatic carbocycles. The molecule has 55 nitrogen and oxygen atoms in total. The van der Waals surface area contributed by atoms with Crippen molar-refractivity contribution < 1.29 is 76.7 Å². The fraction of sp³-hybridized carbons (Fsp3) is 0.480. The summed E-state index contributed by atoms with van der Waals surface area (Å²) in [5, 5.41) is 17.2. The molecule has 0 saturated heterocycles. The second kappa shape index (κ2) is 49.1. The van der Waals surface area contributed by atoms with Crippen molar-refractivity contribution in [1.82, 2.24) is 124 Å². The average Bonchev–Trinajstić information content (AvgIpc) is 0.802. The highest BCUT2D eigenvalue weighted by Crippen LogP contribution is 2.06. The van der Waals surface area contributed by atoms with Crippen LogP contribution in [0.1, 0.15) is 64.5 Å². The molecule has 0 spiro atoms. The van der Waals surface area contributed by atoms with E-state index in [1.807, 2.05) is 29.9 Å². The molecule has 6 aromatic rings. The molecule has 17 N–H and O–H groups in total. The molecule has 0 unspecified atom stereocenters. The Balaban J connectivity index is 1.19. The molecule has 0 radical (unpaired) electrons. The number of aromatic amines is 6. The maximum absolute atomic E-state index is 14.2. The fourth-order valence-electron chi connectivity index (χ4n) is 12.2. The van der Waals surface area contributed by atoms with Crippen LogP contribution in [-0.4, -0.2) is 313 Å². The van der Waals surface area contributed by atoms with Gasteiger partial charge in [0.2, 0.25) is 82.7 Å². The molecule has 704 valence electrons. The van der Waals surface area contributed by atoms with E-state index < -0.39 is 312 Å². The second-order valence-electron chi connectivity index (χ2n) is 29.3. The van der Waals surface area contributed by atoms with Crippen LogP contribution in [-0.2, 0) is 111 Å². The van der Waals surface area contributed by atoms with Crippen molar-refractivity contribution >= 4 is 88.7 Å². The summed E-state index contributed by atoms with van der Waals surface area (Å²) in [5.41, 5.74) is -0.919. The Morgan fingerprint density at radius 2 is 0.615 bits per heavy atom. The highest BCUT2D eigenvalue weighted by Gasteiger charge is 2.30. The van der Waals surface area contributed by atoms with Crippen LogP contribution >= 0.6 is 0 Å². The lowest BCUT2D eigenvalue weighted by atomic mass is 10.1. The first kappa shape index (κ1) is 103. The number of H-pyrrole nitrogens is 6. The number of esters is 1. The number of hydrogen-bond donors (Lipinski definition) is 15. The number of methoxy groups -OCH3 is 1. The number of unbranched alkanes of at least 4 members (excludes halogenated alkanes) is 1. The molecule has 0 aliphatic carbocycles. The lowest BCUT2D eigenvalue weighted by Crippen LogP contribution is -2.51. The Morgan fingerprint density at radius 1 is 0.362 bits per heavy atom. The largest absolute Gasteiger partial charge is 0.464 e. The first-order chi connectivity index (χ1) is 61.3. The average molecular weight is 1830 g/mol. The third-order valence-corrected chi connectivity index (χ3v) is 19.2. The molecular formula is C75H101N27O28. The van der Waals surface area contributed by atoms with Gasteiger partial charge in [-0.2, -0.15) is 0 Å². The molecule has 0 saturated carbocycles. The SMILES string of the molecule is COC(=O)c1cc(=O)[nH]c(=O)n1CC(=O)N(CCNC(C)=O)CC(=O)NCCN(CC(=O)NCCN(CC(=O)NCCN(CC(=O)NCCN(CC(=O)NCCN(CC(=O)N[C@@H](CCCCN)C(N)=O)C(=O)Cn1cc(C)c(=O)[nH]c1=O)C(=O)Cn1cc(C)c(=O)[nH]c1=O)C(=O)Cn1cc(C)c(=O)[nH]c1=O)C(=O)Cn1cc(C)c(=O)[nH]c1=O)C(=O)Cn1cc(C)c(=O)[nH]c1=O. The first-order valence-corrected chi connectivity index (χ1v) is 39.8. The minimum absolute atomic E-state index is 0.0101. The van der Waals surface area contributed by atoms with E-state index in [0.717, 1.165) is 97.3 Å². The highest BCUT2D eigenvalue weighted by molar-refractivity contribution is 5.92. The number of amides is 14. The zero-order chi connectivity index (χ0) is 96.5. The first-order valence-electron chi connectivity index (χ1n) is 39.8. The molecule has 6 aromatic heterocycles. The fourth-order valence-corrected chi connectivity index (χ4v) is 12.2. The summed E-state index contributed by atoms with van der Waals surface area (Å²) in [6.45, 7) is -8.20. The van der Waals surface area contributed by atoms with Crippen LogP contribution in [0.2, 0.25) is 0 Å². The minimum atomic E-state index is -1.20. The Labute approximate surface area is 731 Å². The van der Waals surface area contributed by atoms with Crippen LogP contribution in [0.5, 0.6) is 0 Å². The van der Waals surface area contributed by atoms with Gasteiger partial charge in [0.15, 0.2) is 0 Å².